The number of halogens is 1. The molecule has 0 amide bonds. The molecule has 0 radical (unpaired) electrons. The number of hydrogen-bond acceptors (Lipinski definition) is 3. The lowest BCUT2D eigenvalue weighted by molar-refractivity contribution is -0.139. The largest absolute Gasteiger partial charge is 0.468 e. The monoisotopic (exact) mass is 197 g/mol. The number of esters is 1. The SMILES string of the molecule is COC(=O)CNCc1ccccc1F. The third kappa shape index (κ3) is 3.14. The zero-order valence-electron chi connectivity index (χ0n) is 7.92. The fourth-order valence-corrected chi connectivity index (χ4v) is 1.01. The van der Waals surface area contributed by atoms with Crippen LogP contribution < -0.4 is 5.32 Å². The second-order valence-electron chi connectivity index (χ2n) is 2.77. The molecule has 0 aromatic heterocycles. The van der Waals surface area contributed by atoms with E-state index in [9.17, 15) is 9.18 Å². The summed E-state index contributed by atoms with van der Waals surface area (Å²) in [6, 6.07) is 6.42. The van der Waals surface area contributed by atoms with Crippen LogP contribution in [0.2, 0.25) is 0 Å². The van der Waals surface area contributed by atoms with Gasteiger partial charge in [-0.2, -0.15) is 0 Å². The third-order valence-electron chi connectivity index (χ3n) is 1.77. The van der Waals surface area contributed by atoms with Gasteiger partial charge in [-0.05, 0) is 6.07 Å². The topological polar surface area (TPSA) is 38.3 Å². The Kier molecular flexibility index (Phi) is 4.07. The summed E-state index contributed by atoms with van der Waals surface area (Å²) in [5, 5.41) is 2.78. The molecule has 4 heteroatoms. The van der Waals surface area contributed by atoms with E-state index in [0.29, 0.717) is 12.1 Å². The van der Waals surface area contributed by atoms with Crippen molar-refractivity contribution in [3.63, 3.8) is 0 Å². The maximum absolute atomic E-state index is 13.0. The first-order valence-electron chi connectivity index (χ1n) is 4.25. The van der Waals surface area contributed by atoms with Crippen LogP contribution in [0.5, 0.6) is 0 Å². The van der Waals surface area contributed by atoms with Gasteiger partial charge in [-0.3, -0.25) is 4.79 Å². The van der Waals surface area contributed by atoms with Gasteiger partial charge in [-0.15, -0.1) is 0 Å². The molecule has 0 atom stereocenters. The molecule has 1 aromatic carbocycles. The molecule has 1 aromatic rings. The Bertz CT molecular complexity index is 315. The number of nitrogens with one attached hydrogen (secondary N) is 1. The number of hydrogen-bond donors (Lipinski definition) is 1. The number of ether oxygens (including phenoxy) is 1. The van der Waals surface area contributed by atoms with E-state index in [1.54, 1.807) is 18.2 Å². The van der Waals surface area contributed by atoms with E-state index in [0.717, 1.165) is 0 Å². The number of carbonyl (C=O) groups excluding carboxylic acids is 1. The maximum Gasteiger partial charge on any atom is 0.319 e. The second kappa shape index (κ2) is 5.34. The molecule has 14 heavy (non-hydrogen) atoms. The number of rotatable bonds is 4. The van der Waals surface area contributed by atoms with Crippen LogP contribution in [-0.4, -0.2) is 19.6 Å². The predicted octanol–water partition coefficient (Wildman–Crippen LogP) is 1.09. The molecular formula is C10H12FNO2. The molecule has 0 saturated carbocycles. The van der Waals surface area contributed by atoms with Gasteiger partial charge in [0.1, 0.15) is 5.82 Å². The summed E-state index contributed by atoms with van der Waals surface area (Å²) in [7, 11) is 1.31. The Hall–Kier alpha value is -1.42. The van der Waals surface area contributed by atoms with E-state index in [2.05, 4.69) is 10.1 Å². The van der Waals surface area contributed by atoms with E-state index in [1.165, 1.54) is 13.2 Å². The van der Waals surface area contributed by atoms with Crippen LogP contribution >= 0.6 is 0 Å². The van der Waals surface area contributed by atoms with Gasteiger partial charge in [0.05, 0.1) is 13.7 Å². The van der Waals surface area contributed by atoms with Gasteiger partial charge >= 0.3 is 5.97 Å². The Morgan fingerprint density at radius 2 is 2.21 bits per heavy atom. The zero-order valence-corrected chi connectivity index (χ0v) is 7.92. The van der Waals surface area contributed by atoms with Crippen LogP contribution in [0, 0.1) is 5.82 Å². The summed E-state index contributed by atoms with van der Waals surface area (Å²) >= 11 is 0. The highest BCUT2D eigenvalue weighted by Gasteiger charge is 2.02. The van der Waals surface area contributed by atoms with Crippen molar-refractivity contribution in [2.24, 2.45) is 0 Å². The highest BCUT2D eigenvalue weighted by Crippen LogP contribution is 2.04. The lowest BCUT2D eigenvalue weighted by Crippen LogP contribution is -2.23. The molecule has 0 heterocycles. The molecule has 0 fully saturated rings. The molecule has 0 bridgehead atoms. The summed E-state index contributed by atoms with van der Waals surface area (Å²) in [6.07, 6.45) is 0. The van der Waals surface area contributed by atoms with Gasteiger partial charge in [0, 0.05) is 12.1 Å². The molecule has 0 aliphatic heterocycles. The number of benzene rings is 1. The average Bonchev–Trinajstić information content (AvgIpc) is 2.20. The Labute approximate surface area is 81.9 Å². The predicted molar refractivity (Wildman–Crippen MR) is 50.1 cm³/mol. The van der Waals surface area contributed by atoms with Crippen molar-refractivity contribution in [3.8, 4) is 0 Å². The van der Waals surface area contributed by atoms with E-state index in [-0.39, 0.29) is 18.3 Å². The van der Waals surface area contributed by atoms with E-state index < -0.39 is 0 Å². The minimum atomic E-state index is -0.360. The first-order valence-corrected chi connectivity index (χ1v) is 4.25. The van der Waals surface area contributed by atoms with Crippen molar-refractivity contribution in [3.05, 3.63) is 35.6 Å². The highest BCUT2D eigenvalue weighted by molar-refractivity contribution is 5.71. The second-order valence-corrected chi connectivity index (χ2v) is 2.77. The molecule has 1 rings (SSSR count). The van der Waals surface area contributed by atoms with Gasteiger partial charge in [0.15, 0.2) is 0 Å². The van der Waals surface area contributed by atoms with Gasteiger partial charge in [-0.25, -0.2) is 4.39 Å². The molecule has 3 nitrogen and oxygen atoms in total. The standard InChI is InChI=1S/C10H12FNO2/c1-14-10(13)7-12-6-8-4-2-3-5-9(8)11/h2-5,12H,6-7H2,1H3. The van der Waals surface area contributed by atoms with Gasteiger partial charge in [0.2, 0.25) is 0 Å². The number of methoxy groups -OCH3 is 1. The fourth-order valence-electron chi connectivity index (χ4n) is 1.01. The van der Waals surface area contributed by atoms with Crippen molar-refractivity contribution < 1.29 is 13.9 Å². The molecule has 0 unspecified atom stereocenters. The molecular weight excluding hydrogens is 185 g/mol. The fraction of sp³-hybridized carbons (Fsp3) is 0.300. The summed E-state index contributed by atoms with van der Waals surface area (Å²) in [5.74, 6) is -0.633. The average molecular weight is 197 g/mol. The van der Waals surface area contributed by atoms with Gasteiger partial charge < -0.3 is 10.1 Å². The van der Waals surface area contributed by atoms with Gasteiger partial charge in [-0.1, -0.05) is 18.2 Å². The van der Waals surface area contributed by atoms with Crippen LogP contribution in [0.1, 0.15) is 5.56 Å². The quantitative estimate of drug-likeness (QED) is 0.734. The molecule has 0 aliphatic carbocycles. The van der Waals surface area contributed by atoms with Crippen molar-refractivity contribution in [2.75, 3.05) is 13.7 Å². The molecule has 76 valence electrons. The summed E-state index contributed by atoms with van der Waals surface area (Å²) < 4.78 is 17.5. The smallest absolute Gasteiger partial charge is 0.319 e. The van der Waals surface area contributed by atoms with Crippen LogP contribution in [0.15, 0.2) is 24.3 Å². The minimum Gasteiger partial charge on any atom is -0.468 e. The summed E-state index contributed by atoms with van der Waals surface area (Å²) in [5.41, 5.74) is 0.538. The van der Waals surface area contributed by atoms with Crippen molar-refractivity contribution in [1.29, 1.82) is 0 Å². The zero-order chi connectivity index (χ0) is 10.4. The molecule has 0 aliphatic rings. The van der Waals surface area contributed by atoms with Gasteiger partial charge in [0.25, 0.3) is 0 Å². The van der Waals surface area contributed by atoms with Crippen LogP contribution in [0.25, 0.3) is 0 Å². The van der Waals surface area contributed by atoms with Crippen LogP contribution in [-0.2, 0) is 16.1 Å². The van der Waals surface area contributed by atoms with Crippen LogP contribution in [0.3, 0.4) is 0 Å². The lowest BCUT2D eigenvalue weighted by atomic mass is 10.2. The number of carbonyl (C=O) groups is 1. The lowest BCUT2D eigenvalue weighted by Gasteiger charge is -2.04. The van der Waals surface area contributed by atoms with Crippen molar-refractivity contribution in [2.45, 2.75) is 6.54 Å². The minimum absolute atomic E-state index is 0.0881. The Balaban J connectivity index is 2.39. The Morgan fingerprint density at radius 1 is 1.50 bits per heavy atom. The van der Waals surface area contributed by atoms with Crippen molar-refractivity contribution >= 4 is 5.97 Å². The first-order chi connectivity index (χ1) is 6.74. The molecule has 0 spiro atoms. The molecule has 1 N–H and O–H groups in total. The summed E-state index contributed by atoms with van der Waals surface area (Å²) in [4.78, 5) is 10.7. The highest BCUT2D eigenvalue weighted by atomic mass is 19.1. The van der Waals surface area contributed by atoms with E-state index >= 15 is 0 Å². The summed E-state index contributed by atoms with van der Waals surface area (Å²) in [6.45, 7) is 0.409. The van der Waals surface area contributed by atoms with E-state index in [1.807, 2.05) is 0 Å². The molecule has 0 saturated heterocycles. The van der Waals surface area contributed by atoms with Crippen LogP contribution in [0.4, 0.5) is 4.39 Å². The van der Waals surface area contributed by atoms with E-state index in [4.69, 9.17) is 0 Å². The maximum atomic E-state index is 13.0. The normalized spacial score (nSPS) is 9.86. The third-order valence-corrected chi connectivity index (χ3v) is 1.77. The van der Waals surface area contributed by atoms with Crippen molar-refractivity contribution in [1.82, 2.24) is 5.32 Å². The Morgan fingerprint density at radius 3 is 2.86 bits per heavy atom. The first kappa shape index (κ1) is 10.7.